The minimum Gasteiger partial charge on any atom is -0.467 e. The molecular weight excluding hydrogens is 222 g/mol. The molecule has 17 heavy (non-hydrogen) atoms. The molecule has 90 valence electrons. The van der Waals surface area contributed by atoms with Gasteiger partial charge in [-0.05, 0) is 24.3 Å². The number of nitrogens with one attached hydrogen (secondary N) is 1. The Balaban J connectivity index is 1.91. The number of hydrogen-bond donors (Lipinski definition) is 1. The van der Waals surface area contributed by atoms with Crippen LogP contribution in [0.5, 0.6) is 0 Å². The normalized spacial score (nSPS) is 12.3. The molecule has 0 radical (unpaired) electrons. The lowest BCUT2D eigenvalue weighted by atomic mass is 10.2. The van der Waals surface area contributed by atoms with Crippen LogP contribution < -0.4 is 5.32 Å². The van der Waals surface area contributed by atoms with E-state index in [4.69, 9.17) is 13.6 Å². The molecule has 0 bridgehead atoms. The van der Waals surface area contributed by atoms with Gasteiger partial charge in [0.15, 0.2) is 5.76 Å². The molecule has 0 aliphatic carbocycles. The Morgan fingerprint density at radius 3 is 2.71 bits per heavy atom. The maximum Gasteiger partial charge on any atom is 0.287 e. The zero-order valence-electron chi connectivity index (χ0n) is 9.38. The third kappa shape index (κ3) is 2.76. The van der Waals surface area contributed by atoms with E-state index in [-0.39, 0.29) is 17.8 Å². The third-order valence-electron chi connectivity index (χ3n) is 2.34. The van der Waals surface area contributed by atoms with E-state index >= 15 is 0 Å². The molecule has 2 heterocycles. The summed E-state index contributed by atoms with van der Waals surface area (Å²) in [6.45, 7) is 0.323. The molecule has 1 amide bonds. The highest BCUT2D eigenvalue weighted by Crippen LogP contribution is 2.15. The van der Waals surface area contributed by atoms with E-state index in [1.807, 2.05) is 0 Å². The van der Waals surface area contributed by atoms with Crippen molar-refractivity contribution in [3.63, 3.8) is 0 Å². The Hall–Kier alpha value is -2.01. The Kier molecular flexibility index (Phi) is 3.62. The maximum absolute atomic E-state index is 11.6. The highest BCUT2D eigenvalue weighted by Gasteiger charge is 2.16. The average Bonchev–Trinajstić information content (AvgIpc) is 3.02. The lowest BCUT2D eigenvalue weighted by molar-refractivity contribution is 0.0724. The standard InChI is InChI=1S/C12H13NO4/c1-15-11(9-4-2-6-16-9)8-13-12(14)10-5-3-7-17-10/h2-7,11H,8H2,1H3,(H,13,14)/t11-/m1/s1. The first-order chi connectivity index (χ1) is 8.31. The topological polar surface area (TPSA) is 64.6 Å². The van der Waals surface area contributed by atoms with Gasteiger partial charge in [-0.2, -0.15) is 0 Å². The van der Waals surface area contributed by atoms with Gasteiger partial charge in [0, 0.05) is 7.11 Å². The SMILES string of the molecule is CO[C@H](CNC(=O)c1ccco1)c1ccco1. The quantitative estimate of drug-likeness (QED) is 0.860. The monoisotopic (exact) mass is 235 g/mol. The molecule has 0 saturated carbocycles. The summed E-state index contributed by atoms with van der Waals surface area (Å²) >= 11 is 0. The molecule has 0 unspecified atom stereocenters. The van der Waals surface area contributed by atoms with Gasteiger partial charge < -0.3 is 18.9 Å². The molecule has 1 N–H and O–H groups in total. The van der Waals surface area contributed by atoms with Crippen molar-refractivity contribution in [2.75, 3.05) is 13.7 Å². The van der Waals surface area contributed by atoms with E-state index in [1.165, 1.54) is 6.26 Å². The first kappa shape index (κ1) is 11.5. The fraction of sp³-hybridized carbons (Fsp3) is 0.250. The predicted molar refractivity (Wildman–Crippen MR) is 59.5 cm³/mol. The van der Waals surface area contributed by atoms with Gasteiger partial charge in [-0.1, -0.05) is 0 Å². The van der Waals surface area contributed by atoms with Crippen LogP contribution in [0.3, 0.4) is 0 Å². The van der Waals surface area contributed by atoms with Crippen molar-refractivity contribution in [2.45, 2.75) is 6.10 Å². The van der Waals surface area contributed by atoms with Crippen LogP contribution in [0.15, 0.2) is 45.6 Å². The minimum absolute atomic E-state index is 0.274. The molecule has 0 aromatic carbocycles. The van der Waals surface area contributed by atoms with Crippen LogP contribution in [0.25, 0.3) is 0 Å². The van der Waals surface area contributed by atoms with Crippen molar-refractivity contribution in [1.82, 2.24) is 5.32 Å². The van der Waals surface area contributed by atoms with E-state index in [0.29, 0.717) is 12.3 Å². The van der Waals surface area contributed by atoms with Gasteiger partial charge in [-0.3, -0.25) is 4.79 Å². The summed E-state index contributed by atoms with van der Waals surface area (Å²) < 4.78 is 15.4. The van der Waals surface area contributed by atoms with E-state index < -0.39 is 0 Å². The summed E-state index contributed by atoms with van der Waals surface area (Å²) in [6.07, 6.45) is 2.72. The summed E-state index contributed by atoms with van der Waals surface area (Å²) in [7, 11) is 1.56. The Labute approximate surface area is 98.4 Å². The van der Waals surface area contributed by atoms with Gasteiger partial charge in [0.05, 0.1) is 19.1 Å². The average molecular weight is 235 g/mol. The minimum atomic E-state index is -0.302. The summed E-state index contributed by atoms with van der Waals surface area (Å²) in [5.74, 6) is 0.676. The number of hydrogen-bond acceptors (Lipinski definition) is 4. The van der Waals surface area contributed by atoms with E-state index in [9.17, 15) is 4.79 Å². The predicted octanol–water partition coefficient (Wildman–Crippen LogP) is 1.99. The molecule has 2 rings (SSSR count). The van der Waals surface area contributed by atoms with Crippen molar-refractivity contribution in [3.8, 4) is 0 Å². The van der Waals surface area contributed by atoms with Crippen LogP contribution in [0.2, 0.25) is 0 Å². The van der Waals surface area contributed by atoms with Crippen LogP contribution in [-0.2, 0) is 4.74 Å². The highest BCUT2D eigenvalue weighted by molar-refractivity contribution is 5.91. The zero-order chi connectivity index (χ0) is 12.1. The zero-order valence-corrected chi connectivity index (χ0v) is 9.38. The molecule has 0 aliphatic rings. The van der Waals surface area contributed by atoms with Gasteiger partial charge in [0.2, 0.25) is 0 Å². The lowest BCUT2D eigenvalue weighted by Gasteiger charge is -2.12. The number of carbonyl (C=O) groups is 1. The van der Waals surface area contributed by atoms with E-state index in [1.54, 1.807) is 37.6 Å². The highest BCUT2D eigenvalue weighted by atomic mass is 16.5. The molecule has 1 atom stereocenters. The van der Waals surface area contributed by atoms with Crippen molar-refractivity contribution >= 4 is 5.91 Å². The fourth-order valence-electron chi connectivity index (χ4n) is 1.45. The van der Waals surface area contributed by atoms with Gasteiger partial charge in [-0.25, -0.2) is 0 Å². The number of furan rings is 2. The van der Waals surface area contributed by atoms with Crippen LogP contribution in [-0.4, -0.2) is 19.6 Å². The third-order valence-corrected chi connectivity index (χ3v) is 2.34. The first-order valence-electron chi connectivity index (χ1n) is 5.19. The molecule has 5 nitrogen and oxygen atoms in total. The van der Waals surface area contributed by atoms with Crippen LogP contribution in [0, 0.1) is 0 Å². The van der Waals surface area contributed by atoms with Crippen molar-refractivity contribution in [1.29, 1.82) is 0 Å². The summed E-state index contributed by atoms with van der Waals surface area (Å²) in [4.78, 5) is 11.6. The van der Waals surface area contributed by atoms with E-state index in [2.05, 4.69) is 5.32 Å². The summed E-state index contributed by atoms with van der Waals surface area (Å²) in [5.41, 5.74) is 0. The Morgan fingerprint density at radius 2 is 2.12 bits per heavy atom. The largest absolute Gasteiger partial charge is 0.467 e. The molecule has 0 aliphatic heterocycles. The number of amides is 1. The Bertz CT molecular complexity index is 447. The fourth-order valence-corrected chi connectivity index (χ4v) is 1.45. The molecule has 2 aromatic rings. The van der Waals surface area contributed by atoms with Crippen molar-refractivity contribution in [3.05, 3.63) is 48.3 Å². The first-order valence-corrected chi connectivity index (χ1v) is 5.19. The van der Waals surface area contributed by atoms with Crippen LogP contribution in [0.4, 0.5) is 0 Å². The molecular formula is C12H13NO4. The van der Waals surface area contributed by atoms with Gasteiger partial charge >= 0.3 is 0 Å². The lowest BCUT2D eigenvalue weighted by Crippen LogP contribution is -2.28. The second-order valence-corrected chi connectivity index (χ2v) is 3.43. The molecule has 0 spiro atoms. The number of methoxy groups -OCH3 is 1. The maximum atomic E-state index is 11.6. The van der Waals surface area contributed by atoms with E-state index in [0.717, 1.165) is 0 Å². The van der Waals surface area contributed by atoms with Gasteiger partial charge in [-0.15, -0.1) is 0 Å². The van der Waals surface area contributed by atoms with Crippen LogP contribution >= 0.6 is 0 Å². The number of carbonyl (C=O) groups excluding carboxylic acids is 1. The smallest absolute Gasteiger partial charge is 0.287 e. The molecule has 5 heteroatoms. The second kappa shape index (κ2) is 5.36. The summed E-state index contributed by atoms with van der Waals surface area (Å²) in [6, 6.07) is 6.84. The van der Waals surface area contributed by atoms with Gasteiger partial charge in [0.25, 0.3) is 5.91 Å². The van der Waals surface area contributed by atoms with Crippen LogP contribution in [0.1, 0.15) is 22.4 Å². The molecule has 2 aromatic heterocycles. The summed E-state index contributed by atoms with van der Waals surface area (Å²) in [5, 5.41) is 2.71. The number of rotatable bonds is 5. The molecule has 0 saturated heterocycles. The van der Waals surface area contributed by atoms with Gasteiger partial charge in [0.1, 0.15) is 11.9 Å². The van der Waals surface area contributed by atoms with Crippen molar-refractivity contribution in [2.24, 2.45) is 0 Å². The second-order valence-electron chi connectivity index (χ2n) is 3.43. The number of ether oxygens (including phenoxy) is 1. The Morgan fingerprint density at radius 1 is 1.35 bits per heavy atom. The molecule has 0 fully saturated rings. The van der Waals surface area contributed by atoms with Crippen molar-refractivity contribution < 1.29 is 18.4 Å².